The molecule has 1 saturated heterocycles. The van der Waals surface area contributed by atoms with Crippen molar-refractivity contribution in [2.45, 2.75) is 37.2 Å². The van der Waals surface area contributed by atoms with Crippen LogP contribution in [0.1, 0.15) is 37.8 Å². The average Bonchev–Trinajstić information content (AvgIpc) is 2.72. The maximum absolute atomic E-state index is 12.5. The Morgan fingerprint density at radius 2 is 1.76 bits per heavy atom. The molecule has 6 heteroatoms. The Morgan fingerprint density at radius 1 is 1.07 bits per heavy atom. The number of rotatable bonds is 5. The van der Waals surface area contributed by atoms with E-state index in [1.54, 1.807) is 12.1 Å². The molecule has 2 N–H and O–H groups in total. The van der Waals surface area contributed by atoms with Crippen molar-refractivity contribution < 1.29 is 13.2 Å². The predicted molar refractivity (Wildman–Crippen MR) is 115 cm³/mol. The molecule has 2 aromatic rings. The van der Waals surface area contributed by atoms with Crippen LogP contribution in [-0.4, -0.2) is 33.7 Å². The van der Waals surface area contributed by atoms with Crippen molar-refractivity contribution in [1.29, 1.82) is 0 Å². The predicted octanol–water partition coefficient (Wildman–Crippen LogP) is 3.57. The minimum absolute atomic E-state index is 0.258. The van der Waals surface area contributed by atoms with Crippen LogP contribution in [0.3, 0.4) is 0 Å². The van der Waals surface area contributed by atoms with Gasteiger partial charge in [-0.3, -0.25) is 0 Å². The molecular formula is C23H28N2O3S. The van der Waals surface area contributed by atoms with Crippen molar-refractivity contribution in [3.63, 3.8) is 0 Å². The first-order valence-corrected chi connectivity index (χ1v) is 11.7. The van der Waals surface area contributed by atoms with Gasteiger partial charge in [-0.2, -0.15) is 0 Å². The van der Waals surface area contributed by atoms with Crippen LogP contribution in [0.15, 0.2) is 59.5 Å². The second-order valence-corrected chi connectivity index (χ2v) is 10.0. The maximum atomic E-state index is 12.5. The maximum Gasteiger partial charge on any atom is 0.240 e. The molecule has 2 heterocycles. The number of sulfonamides is 1. The molecule has 4 rings (SSSR count). The molecule has 0 radical (unpaired) electrons. The lowest BCUT2D eigenvalue weighted by Crippen LogP contribution is -2.46. The highest BCUT2D eigenvalue weighted by Crippen LogP contribution is 2.42. The molecule has 2 aliphatic rings. The van der Waals surface area contributed by atoms with Gasteiger partial charge >= 0.3 is 0 Å². The van der Waals surface area contributed by atoms with Gasteiger partial charge in [0.2, 0.25) is 10.0 Å². The Bertz CT molecular complexity index is 1000. The molecule has 5 nitrogen and oxygen atoms in total. The number of benzene rings is 2. The SMILES string of the molecule is CC(C)CNS(=O)(=O)c1ccc(C2=CC3(CCNCC3)Oc3ccccc32)cc1. The number of fused-ring (bicyclic) bond motifs is 1. The number of hydrogen-bond donors (Lipinski definition) is 2. The lowest BCUT2D eigenvalue weighted by molar-refractivity contribution is 0.0817. The molecule has 0 aliphatic carbocycles. The van der Waals surface area contributed by atoms with Crippen LogP contribution in [0.5, 0.6) is 5.75 Å². The van der Waals surface area contributed by atoms with Crippen molar-refractivity contribution in [3.05, 3.63) is 65.7 Å². The van der Waals surface area contributed by atoms with Crippen LogP contribution in [0.4, 0.5) is 0 Å². The quantitative estimate of drug-likeness (QED) is 0.788. The monoisotopic (exact) mass is 412 g/mol. The zero-order chi connectivity index (χ0) is 20.5. The second-order valence-electron chi connectivity index (χ2n) is 8.24. The van der Waals surface area contributed by atoms with E-state index in [1.165, 1.54) is 0 Å². The van der Waals surface area contributed by atoms with E-state index in [9.17, 15) is 8.42 Å². The van der Waals surface area contributed by atoms with Gasteiger partial charge in [-0.05, 0) is 54.4 Å². The molecule has 29 heavy (non-hydrogen) atoms. The highest BCUT2D eigenvalue weighted by Gasteiger charge is 2.36. The van der Waals surface area contributed by atoms with Crippen molar-refractivity contribution >= 4 is 15.6 Å². The first-order valence-electron chi connectivity index (χ1n) is 10.2. The molecule has 1 spiro atoms. The Hall–Kier alpha value is -2.15. The summed E-state index contributed by atoms with van der Waals surface area (Å²) in [4.78, 5) is 0.291. The fraction of sp³-hybridized carbons (Fsp3) is 0.391. The normalized spacial score (nSPS) is 18.2. The van der Waals surface area contributed by atoms with Crippen molar-refractivity contribution in [2.24, 2.45) is 5.92 Å². The van der Waals surface area contributed by atoms with E-state index in [4.69, 9.17) is 4.74 Å². The molecule has 0 bridgehead atoms. The van der Waals surface area contributed by atoms with Gasteiger partial charge in [0, 0.05) is 24.9 Å². The third-order valence-electron chi connectivity index (χ3n) is 5.50. The molecule has 1 fully saturated rings. The average molecular weight is 413 g/mol. The Kier molecular flexibility index (Phi) is 5.51. The summed E-state index contributed by atoms with van der Waals surface area (Å²) in [6, 6.07) is 15.2. The van der Waals surface area contributed by atoms with Gasteiger partial charge in [-0.25, -0.2) is 13.1 Å². The van der Waals surface area contributed by atoms with Crippen molar-refractivity contribution in [2.75, 3.05) is 19.6 Å². The Balaban J connectivity index is 1.69. The highest BCUT2D eigenvalue weighted by molar-refractivity contribution is 7.89. The first kappa shape index (κ1) is 20.1. The fourth-order valence-electron chi connectivity index (χ4n) is 3.88. The Labute approximate surface area is 173 Å². The summed E-state index contributed by atoms with van der Waals surface area (Å²) in [5.74, 6) is 1.15. The minimum atomic E-state index is -3.49. The van der Waals surface area contributed by atoms with E-state index >= 15 is 0 Å². The lowest BCUT2D eigenvalue weighted by Gasteiger charge is -2.40. The topological polar surface area (TPSA) is 67.4 Å². The first-order chi connectivity index (χ1) is 13.9. The zero-order valence-electron chi connectivity index (χ0n) is 16.9. The lowest BCUT2D eigenvalue weighted by atomic mass is 9.83. The molecule has 154 valence electrons. The van der Waals surface area contributed by atoms with E-state index in [-0.39, 0.29) is 11.5 Å². The van der Waals surface area contributed by atoms with Crippen LogP contribution in [0.2, 0.25) is 0 Å². The summed E-state index contributed by atoms with van der Waals surface area (Å²) >= 11 is 0. The van der Waals surface area contributed by atoms with E-state index in [0.29, 0.717) is 11.4 Å². The van der Waals surface area contributed by atoms with Gasteiger partial charge in [0.25, 0.3) is 0 Å². The third kappa shape index (κ3) is 4.25. The molecule has 0 amide bonds. The smallest absolute Gasteiger partial charge is 0.240 e. The Morgan fingerprint density at radius 3 is 2.45 bits per heavy atom. The number of hydrogen-bond acceptors (Lipinski definition) is 4. The number of piperidine rings is 1. The highest BCUT2D eigenvalue weighted by atomic mass is 32.2. The van der Waals surface area contributed by atoms with Crippen LogP contribution >= 0.6 is 0 Å². The van der Waals surface area contributed by atoms with Gasteiger partial charge in [0.05, 0.1) is 4.90 Å². The summed E-state index contributed by atoms with van der Waals surface area (Å²) in [5, 5.41) is 3.40. The van der Waals surface area contributed by atoms with E-state index in [0.717, 1.165) is 48.4 Å². The summed E-state index contributed by atoms with van der Waals surface area (Å²) < 4.78 is 34.1. The van der Waals surface area contributed by atoms with Crippen LogP contribution < -0.4 is 14.8 Å². The molecular weight excluding hydrogens is 384 g/mol. The van der Waals surface area contributed by atoms with E-state index in [1.807, 2.05) is 44.2 Å². The summed E-state index contributed by atoms with van der Waals surface area (Å²) in [5.41, 5.74) is 2.85. The molecule has 0 aromatic heterocycles. The largest absolute Gasteiger partial charge is 0.482 e. The number of para-hydroxylation sites is 1. The zero-order valence-corrected chi connectivity index (χ0v) is 17.8. The van der Waals surface area contributed by atoms with Gasteiger partial charge in [-0.15, -0.1) is 0 Å². The van der Waals surface area contributed by atoms with Gasteiger partial charge in [0.1, 0.15) is 11.4 Å². The molecule has 2 aliphatic heterocycles. The van der Waals surface area contributed by atoms with Crippen molar-refractivity contribution in [1.82, 2.24) is 10.0 Å². The van der Waals surface area contributed by atoms with Crippen LogP contribution in [0.25, 0.3) is 5.57 Å². The minimum Gasteiger partial charge on any atom is -0.482 e. The third-order valence-corrected chi connectivity index (χ3v) is 6.94. The molecule has 2 aromatic carbocycles. The van der Waals surface area contributed by atoms with Crippen LogP contribution in [0, 0.1) is 5.92 Å². The summed E-state index contributed by atoms with van der Waals surface area (Å²) in [6.45, 7) is 6.24. The second kappa shape index (κ2) is 7.94. The summed E-state index contributed by atoms with van der Waals surface area (Å²) in [7, 11) is -3.49. The fourth-order valence-corrected chi connectivity index (χ4v) is 5.09. The van der Waals surface area contributed by atoms with Crippen LogP contribution in [-0.2, 0) is 10.0 Å². The van der Waals surface area contributed by atoms with Crippen molar-refractivity contribution in [3.8, 4) is 5.75 Å². The van der Waals surface area contributed by atoms with Gasteiger partial charge < -0.3 is 10.1 Å². The van der Waals surface area contributed by atoms with Gasteiger partial charge in [0.15, 0.2) is 0 Å². The van der Waals surface area contributed by atoms with E-state index < -0.39 is 10.0 Å². The molecule has 0 unspecified atom stereocenters. The standard InChI is InChI=1S/C23H28N2O3S/c1-17(2)16-25-29(26,27)19-9-7-18(8-10-19)21-15-23(11-13-24-14-12-23)28-22-6-4-3-5-20(21)22/h3-10,15,17,24-25H,11-14,16H2,1-2H3. The number of nitrogens with one attached hydrogen (secondary N) is 2. The van der Waals surface area contributed by atoms with E-state index in [2.05, 4.69) is 22.2 Å². The summed E-state index contributed by atoms with van der Waals surface area (Å²) in [6.07, 6.45) is 4.06. The molecule has 0 atom stereocenters. The number of ether oxygens (including phenoxy) is 1. The molecule has 0 saturated carbocycles. The van der Waals surface area contributed by atoms with Gasteiger partial charge in [-0.1, -0.05) is 44.2 Å².